The fourth-order valence-electron chi connectivity index (χ4n) is 2.23. The van der Waals surface area contributed by atoms with E-state index < -0.39 is 0 Å². The Balaban J connectivity index is 1.85. The van der Waals surface area contributed by atoms with Crippen molar-refractivity contribution in [3.05, 3.63) is 0 Å². The molecule has 1 saturated carbocycles. The van der Waals surface area contributed by atoms with Crippen LogP contribution in [0.1, 0.15) is 32.6 Å². The monoisotopic (exact) mass is 168 g/mol. The third-order valence-corrected chi connectivity index (χ3v) is 3.46. The second kappa shape index (κ2) is 3.00. The normalized spacial score (nSPS) is 34.0. The first-order chi connectivity index (χ1) is 5.73. The summed E-state index contributed by atoms with van der Waals surface area (Å²) in [6, 6.07) is 0.697. The quantitative estimate of drug-likeness (QED) is 0.686. The van der Waals surface area contributed by atoms with Crippen molar-refractivity contribution < 1.29 is 0 Å². The van der Waals surface area contributed by atoms with Gasteiger partial charge in [-0.25, -0.2) is 0 Å². The van der Waals surface area contributed by atoms with Crippen molar-refractivity contribution in [1.29, 1.82) is 0 Å². The topological polar surface area (TPSA) is 29.3 Å². The average molecular weight is 168 g/mol. The third kappa shape index (κ3) is 1.64. The lowest BCUT2D eigenvalue weighted by molar-refractivity contribution is 0.215. The van der Waals surface area contributed by atoms with E-state index in [1.807, 2.05) is 0 Å². The van der Waals surface area contributed by atoms with Crippen molar-refractivity contribution >= 4 is 0 Å². The third-order valence-electron chi connectivity index (χ3n) is 3.46. The number of hydrogen-bond acceptors (Lipinski definition) is 2. The van der Waals surface area contributed by atoms with Crippen molar-refractivity contribution in [2.75, 3.05) is 19.6 Å². The van der Waals surface area contributed by atoms with Crippen molar-refractivity contribution in [3.8, 4) is 0 Å². The van der Waals surface area contributed by atoms with Crippen LogP contribution in [0.25, 0.3) is 0 Å². The van der Waals surface area contributed by atoms with Gasteiger partial charge < -0.3 is 5.73 Å². The zero-order valence-electron chi connectivity index (χ0n) is 8.05. The Hall–Kier alpha value is -0.0800. The van der Waals surface area contributed by atoms with Gasteiger partial charge in [0.2, 0.25) is 0 Å². The van der Waals surface area contributed by atoms with Gasteiger partial charge in [-0.15, -0.1) is 0 Å². The van der Waals surface area contributed by atoms with Gasteiger partial charge in [-0.2, -0.15) is 0 Å². The lowest BCUT2D eigenvalue weighted by Gasteiger charge is -2.26. The van der Waals surface area contributed by atoms with Gasteiger partial charge in [0.1, 0.15) is 0 Å². The summed E-state index contributed by atoms with van der Waals surface area (Å²) in [5.41, 5.74) is 6.39. The van der Waals surface area contributed by atoms with Crippen molar-refractivity contribution in [2.24, 2.45) is 11.1 Å². The molecule has 1 saturated heterocycles. The molecule has 2 N–H and O–H groups in total. The summed E-state index contributed by atoms with van der Waals surface area (Å²) in [4.78, 5) is 2.60. The molecule has 1 heterocycles. The maximum absolute atomic E-state index is 5.72. The molecule has 0 bridgehead atoms. The lowest BCUT2D eigenvalue weighted by Crippen LogP contribution is -2.38. The molecular formula is C10H20N2. The minimum absolute atomic E-state index is 0.664. The highest BCUT2D eigenvalue weighted by atomic mass is 15.2. The second-order valence-corrected chi connectivity index (χ2v) is 4.81. The van der Waals surface area contributed by atoms with Crippen molar-refractivity contribution in [1.82, 2.24) is 4.90 Å². The van der Waals surface area contributed by atoms with E-state index in [0.717, 1.165) is 6.54 Å². The number of rotatable bonds is 3. The average Bonchev–Trinajstić information content (AvgIpc) is 2.64. The maximum atomic E-state index is 5.72. The zero-order chi connectivity index (χ0) is 8.60. The molecule has 70 valence electrons. The predicted molar refractivity (Wildman–Crippen MR) is 51.0 cm³/mol. The van der Waals surface area contributed by atoms with E-state index in [4.69, 9.17) is 5.73 Å². The lowest BCUT2D eigenvalue weighted by atomic mass is 10.1. The molecule has 0 spiro atoms. The summed E-state index contributed by atoms with van der Waals surface area (Å²) < 4.78 is 0. The highest BCUT2D eigenvalue weighted by Gasteiger charge is 2.40. The predicted octanol–water partition coefficient (Wildman–Crippen LogP) is 1.21. The molecular weight excluding hydrogens is 148 g/mol. The van der Waals surface area contributed by atoms with Crippen LogP contribution >= 0.6 is 0 Å². The number of nitrogens with two attached hydrogens (primary N) is 1. The van der Waals surface area contributed by atoms with E-state index in [9.17, 15) is 0 Å². The van der Waals surface area contributed by atoms with Crippen LogP contribution in [0.5, 0.6) is 0 Å². The standard InChI is InChI=1S/C10H20N2/c1-10(4-5-10)8-12-6-2-3-9(12)7-11/h9H,2-8,11H2,1H3/t9-/m1/s1. The Morgan fingerprint density at radius 2 is 2.25 bits per heavy atom. The van der Waals surface area contributed by atoms with Crippen LogP contribution in [0.3, 0.4) is 0 Å². The molecule has 2 heteroatoms. The van der Waals surface area contributed by atoms with Crippen LogP contribution in [0, 0.1) is 5.41 Å². The number of likely N-dealkylation sites (tertiary alicyclic amines) is 1. The summed E-state index contributed by atoms with van der Waals surface area (Å²) in [6.07, 6.45) is 5.55. The Bertz CT molecular complexity index is 163. The Morgan fingerprint density at radius 1 is 1.50 bits per heavy atom. The molecule has 2 rings (SSSR count). The summed E-state index contributed by atoms with van der Waals surface area (Å²) in [5, 5.41) is 0. The van der Waals surface area contributed by atoms with E-state index >= 15 is 0 Å². The van der Waals surface area contributed by atoms with E-state index in [2.05, 4.69) is 11.8 Å². The number of hydrogen-bond donors (Lipinski definition) is 1. The summed E-state index contributed by atoms with van der Waals surface area (Å²) in [7, 11) is 0. The molecule has 1 aliphatic heterocycles. The fraction of sp³-hybridized carbons (Fsp3) is 1.00. The van der Waals surface area contributed by atoms with Gasteiger partial charge in [0, 0.05) is 19.1 Å². The van der Waals surface area contributed by atoms with Gasteiger partial charge in [0.15, 0.2) is 0 Å². The molecule has 1 atom stereocenters. The van der Waals surface area contributed by atoms with E-state index in [1.54, 1.807) is 0 Å². The molecule has 2 fully saturated rings. The van der Waals surface area contributed by atoms with Crippen LogP contribution < -0.4 is 5.73 Å². The van der Waals surface area contributed by atoms with Crippen molar-refractivity contribution in [2.45, 2.75) is 38.6 Å². The summed E-state index contributed by atoms with van der Waals surface area (Å²) in [6.45, 7) is 5.85. The maximum Gasteiger partial charge on any atom is 0.0219 e. The van der Waals surface area contributed by atoms with E-state index in [0.29, 0.717) is 11.5 Å². The molecule has 2 nitrogen and oxygen atoms in total. The first-order valence-corrected chi connectivity index (χ1v) is 5.18. The van der Waals surface area contributed by atoms with Crippen LogP contribution in [0.2, 0.25) is 0 Å². The first kappa shape index (κ1) is 8.52. The highest BCUT2D eigenvalue weighted by molar-refractivity contribution is 4.94. The molecule has 0 amide bonds. The van der Waals surface area contributed by atoms with Crippen molar-refractivity contribution in [3.63, 3.8) is 0 Å². The van der Waals surface area contributed by atoms with Crippen LogP contribution in [-0.2, 0) is 0 Å². The SMILES string of the molecule is CC1(CN2CCC[C@@H]2CN)CC1. The smallest absolute Gasteiger partial charge is 0.0219 e. The van der Waals surface area contributed by atoms with Crippen LogP contribution in [0.4, 0.5) is 0 Å². The highest BCUT2D eigenvalue weighted by Crippen LogP contribution is 2.46. The molecule has 1 aliphatic carbocycles. The second-order valence-electron chi connectivity index (χ2n) is 4.81. The van der Waals surface area contributed by atoms with Crippen LogP contribution in [-0.4, -0.2) is 30.6 Å². The molecule has 0 radical (unpaired) electrons. The molecule has 0 aromatic rings. The zero-order valence-corrected chi connectivity index (χ0v) is 8.05. The van der Waals surface area contributed by atoms with Gasteiger partial charge in [-0.3, -0.25) is 4.90 Å². The molecule has 0 aromatic carbocycles. The fourth-order valence-corrected chi connectivity index (χ4v) is 2.23. The largest absolute Gasteiger partial charge is 0.329 e. The Labute approximate surface area is 75.1 Å². The van der Waals surface area contributed by atoms with Gasteiger partial charge in [0.05, 0.1) is 0 Å². The molecule has 0 unspecified atom stereocenters. The Morgan fingerprint density at radius 3 is 2.83 bits per heavy atom. The van der Waals surface area contributed by atoms with Gasteiger partial charge in [-0.05, 0) is 37.6 Å². The number of nitrogens with zero attached hydrogens (tertiary/aromatic N) is 1. The van der Waals surface area contributed by atoms with Gasteiger partial charge in [-0.1, -0.05) is 6.92 Å². The van der Waals surface area contributed by atoms with Gasteiger partial charge in [0.25, 0.3) is 0 Å². The first-order valence-electron chi connectivity index (χ1n) is 5.18. The van der Waals surface area contributed by atoms with Crippen LogP contribution in [0.15, 0.2) is 0 Å². The van der Waals surface area contributed by atoms with E-state index in [-0.39, 0.29) is 0 Å². The molecule has 12 heavy (non-hydrogen) atoms. The molecule has 2 aliphatic rings. The van der Waals surface area contributed by atoms with Gasteiger partial charge >= 0.3 is 0 Å². The summed E-state index contributed by atoms with van der Waals surface area (Å²) >= 11 is 0. The minimum atomic E-state index is 0.664. The van der Waals surface area contributed by atoms with E-state index in [1.165, 1.54) is 38.8 Å². The minimum Gasteiger partial charge on any atom is -0.329 e. The summed E-state index contributed by atoms with van der Waals surface area (Å²) in [5.74, 6) is 0. The molecule has 0 aromatic heterocycles. The Kier molecular flexibility index (Phi) is 2.13.